The second kappa shape index (κ2) is 2.73. The molecule has 1 unspecified atom stereocenters. The van der Waals surface area contributed by atoms with Crippen molar-refractivity contribution < 1.29 is 12.3 Å². The number of halogens is 4. The lowest BCUT2D eigenvalue weighted by Gasteiger charge is -2.04. The van der Waals surface area contributed by atoms with Crippen molar-refractivity contribution in [3.8, 4) is 0 Å². The molecule has 0 aromatic rings. The summed E-state index contributed by atoms with van der Waals surface area (Å²) in [6.07, 6.45) is -0.00270. The summed E-state index contributed by atoms with van der Waals surface area (Å²) in [5, 5.41) is -1.54. The van der Waals surface area contributed by atoms with Gasteiger partial charge in [-0.1, -0.05) is 6.92 Å². The van der Waals surface area contributed by atoms with Crippen molar-refractivity contribution in [1.82, 2.24) is 0 Å². The van der Waals surface area contributed by atoms with E-state index in [2.05, 4.69) is 0 Å². The van der Waals surface area contributed by atoms with E-state index in [4.69, 9.17) is 11.6 Å². The van der Waals surface area contributed by atoms with E-state index in [1.807, 2.05) is 0 Å². The van der Waals surface area contributed by atoms with E-state index in [9.17, 15) is 12.3 Å². The molecule has 50 valence electrons. The predicted molar refractivity (Wildman–Crippen MR) is 29.0 cm³/mol. The van der Waals surface area contributed by atoms with Gasteiger partial charge in [0.15, 0.2) is 0 Å². The molecule has 0 aliphatic rings. The first-order valence-corrected chi connectivity index (χ1v) is 4.34. The molecule has 5 heteroatoms. The lowest BCUT2D eigenvalue weighted by molar-refractivity contribution is 0.459. The van der Waals surface area contributed by atoms with Crippen molar-refractivity contribution in [2.45, 2.75) is 18.3 Å². The van der Waals surface area contributed by atoms with E-state index in [0.29, 0.717) is 0 Å². The predicted octanol–water partition coefficient (Wildman–Crippen LogP) is 2.39. The quantitative estimate of drug-likeness (QED) is 0.332. The van der Waals surface area contributed by atoms with Crippen molar-refractivity contribution >= 4 is 20.7 Å². The fourth-order valence-electron chi connectivity index (χ4n) is 0.231. The van der Waals surface area contributed by atoms with Crippen molar-refractivity contribution in [3.63, 3.8) is 0 Å². The van der Waals surface area contributed by atoms with E-state index in [0.717, 1.165) is 0 Å². The van der Waals surface area contributed by atoms with Crippen LogP contribution in [-0.2, 0) is 0 Å². The van der Waals surface area contributed by atoms with Gasteiger partial charge in [0.25, 0.3) is 0 Å². The minimum Gasteiger partial charge on any atom is -0.237 e. The largest absolute Gasteiger partial charge is 0.635 e. The summed E-state index contributed by atoms with van der Waals surface area (Å²) >= 11 is 4.88. The van der Waals surface area contributed by atoms with Gasteiger partial charge < -0.3 is 0 Å². The number of rotatable bonds is 2. The van der Waals surface area contributed by atoms with Gasteiger partial charge in [-0.15, -0.1) is 11.6 Å². The Bertz CT molecular complexity index is 71.4. The van der Waals surface area contributed by atoms with Crippen molar-refractivity contribution in [2.24, 2.45) is 0 Å². The van der Waals surface area contributed by atoms with Gasteiger partial charge in [-0.3, -0.25) is 0 Å². The first-order valence-electron chi connectivity index (χ1n) is 2.19. The van der Waals surface area contributed by atoms with Gasteiger partial charge in [-0.2, -0.15) is 0 Å². The molecule has 0 saturated carbocycles. The van der Waals surface area contributed by atoms with Gasteiger partial charge in [0, 0.05) is 0 Å². The molecule has 0 aromatic carbocycles. The molecule has 0 nitrogen and oxygen atoms in total. The van der Waals surface area contributed by atoms with Crippen LogP contribution in [0.15, 0.2) is 0 Å². The third-order valence-corrected chi connectivity index (χ3v) is 2.88. The highest BCUT2D eigenvalue weighted by molar-refractivity contribution is 6.69. The molecule has 0 bridgehead atoms. The van der Waals surface area contributed by atoms with Crippen LogP contribution in [0.2, 0.25) is 0 Å². The Morgan fingerprint density at radius 2 is 1.88 bits per heavy atom. The SMILES string of the molecule is CCC(Cl)[Si](F)(F)F. The summed E-state index contributed by atoms with van der Waals surface area (Å²) in [5.41, 5.74) is 0. The highest BCUT2D eigenvalue weighted by atomic mass is 35.5. The van der Waals surface area contributed by atoms with Crippen LogP contribution in [0.25, 0.3) is 0 Å². The summed E-state index contributed by atoms with van der Waals surface area (Å²) in [4.78, 5) is 0. The van der Waals surface area contributed by atoms with Gasteiger partial charge in [-0.05, 0) is 6.42 Å². The number of alkyl halides is 1. The summed E-state index contributed by atoms with van der Waals surface area (Å²) in [7, 11) is -5.50. The number of hydrogen-bond donors (Lipinski definition) is 0. The summed E-state index contributed by atoms with van der Waals surface area (Å²) in [6, 6.07) is 0. The lowest BCUT2D eigenvalue weighted by Crippen LogP contribution is -2.29. The van der Waals surface area contributed by atoms with E-state index in [1.54, 1.807) is 0 Å². The Kier molecular flexibility index (Phi) is 2.83. The molecule has 0 spiro atoms. The molecule has 0 rings (SSSR count). The fourth-order valence-corrected chi connectivity index (χ4v) is 0.694. The maximum absolute atomic E-state index is 11.5. The van der Waals surface area contributed by atoms with Gasteiger partial charge in [0.2, 0.25) is 0 Å². The van der Waals surface area contributed by atoms with E-state index in [1.165, 1.54) is 6.92 Å². The minimum absolute atomic E-state index is 0.00270. The Morgan fingerprint density at radius 1 is 1.50 bits per heavy atom. The summed E-state index contributed by atoms with van der Waals surface area (Å²) in [5.74, 6) is 0. The third-order valence-electron chi connectivity index (χ3n) is 0.714. The van der Waals surface area contributed by atoms with Gasteiger partial charge >= 0.3 is 9.08 Å². The first kappa shape index (κ1) is 8.30. The van der Waals surface area contributed by atoms with Gasteiger partial charge in [-0.25, -0.2) is 12.3 Å². The fraction of sp³-hybridized carbons (Fsp3) is 1.00. The van der Waals surface area contributed by atoms with Crippen LogP contribution in [0.5, 0.6) is 0 Å². The molecule has 0 radical (unpaired) electrons. The lowest BCUT2D eigenvalue weighted by atomic mass is 10.6. The summed E-state index contributed by atoms with van der Waals surface area (Å²) in [6.45, 7) is 1.43. The van der Waals surface area contributed by atoms with Gasteiger partial charge in [0.05, 0.1) is 0 Å². The zero-order chi connectivity index (χ0) is 6.78. The molecule has 0 saturated heterocycles. The van der Waals surface area contributed by atoms with Crippen LogP contribution in [0.3, 0.4) is 0 Å². The Balaban J connectivity index is 3.62. The van der Waals surface area contributed by atoms with Gasteiger partial charge in [0.1, 0.15) is 5.00 Å². The average molecular weight is 163 g/mol. The van der Waals surface area contributed by atoms with Crippen molar-refractivity contribution in [3.05, 3.63) is 0 Å². The molecular formula is C3H6ClF3Si. The Hall–Kier alpha value is 0.297. The van der Waals surface area contributed by atoms with E-state index < -0.39 is 14.1 Å². The van der Waals surface area contributed by atoms with Crippen LogP contribution in [-0.4, -0.2) is 14.1 Å². The van der Waals surface area contributed by atoms with Crippen molar-refractivity contribution in [2.75, 3.05) is 0 Å². The van der Waals surface area contributed by atoms with Crippen LogP contribution in [0.4, 0.5) is 12.3 Å². The van der Waals surface area contributed by atoms with E-state index in [-0.39, 0.29) is 6.42 Å². The summed E-state index contributed by atoms with van der Waals surface area (Å²) < 4.78 is 34.4. The molecule has 0 aliphatic heterocycles. The highest BCUT2D eigenvalue weighted by Gasteiger charge is 2.44. The van der Waals surface area contributed by atoms with Crippen LogP contribution >= 0.6 is 11.6 Å². The van der Waals surface area contributed by atoms with Crippen LogP contribution in [0, 0.1) is 0 Å². The minimum atomic E-state index is -5.50. The third kappa shape index (κ3) is 2.57. The molecule has 0 heterocycles. The highest BCUT2D eigenvalue weighted by Crippen LogP contribution is 2.21. The van der Waals surface area contributed by atoms with E-state index >= 15 is 0 Å². The smallest absolute Gasteiger partial charge is 0.237 e. The normalized spacial score (nSPS) is 16.1. The molecule has 0 fully saturated rings. The topological polar surface area (TPSA) is 0 Å². The maximum atomic E-state index is 11.5. The molecule has 8 heavy (non-hydrogen) atoms. The monoisotopic (exact) mass is 162 g/mol. The van der Waals surface area contributed by atoms with Crippen LogP contribution < -0.4 is 0 Å². The molecular weight excluding hydrogens is 157 g/mol. The molecule has 1 atom stereocenters. The Labute approximate surface area is 52.2 Å². The zero-order valence-corrected chi connectivity index (χ0v) is 6.05. The van der Waals surface area contributed by atoms with Crippen LogP contribution in [0.1, 0.15) is 13.3 Å². The standard InChI is InChI=1S/C3H6ClF3Si/c1-2-3(4)8(5,6)7/h3H,2H2,1H3. The second-order valence-corrected chi connectivity index (χ2v) is 4.09. The molecule has 0 amide bonds. The average Bonchev–Trinajstić information content (AvgIpc) is 1.62. The Morgan fingerprint density at radius 3 is 1.88 bits per heavy atom. The van der Waals surface area contributed by atoms with Crippen molar-refractivity contribution in [1.29, 1.82) is 0 Å². The molecule has 0 aliphatic carbocycles. The maximum Gasteiger partial charge on any atom is 0.635 e. The second-order valence-electron chi connectivity index (χ2n) is 1.42. The molecule has 0 aromatic heterocycles. The first-order chi connectivity index (χ1) is 3.48. The molecule has 0 N–H and O–H groups in total. The number of hydrogen-bond acceptors (Lipinski definition) is 0. The zero-order valence-electron chi connectivity index (χ0n) is 4.30.